The van der Waals surface area contributed by atoms with Gasteiger partial charge in [-0.15, -0.1) is 11.3 Å². The van der Waals surface area contributed by atoms with Crippen molar-refractivity contribution in [3.8, 4) is 5.75 Å². The van der Waals surface area contributed by atoms with Crippen LogP contribution in [0.3, 0.4) is 0 Å². The Morgan fingerprint density at radius 1 is 1.28 bits per heavy atom. The van der Waals surface area contributed by atoms with E-state index < -0.39 is 18.2 Å². The zero-order valence-corrected chi connectivity index (χ0v) is 18.1. The van der Waals surface area contributed by atoms with Crippen LogP contribution in [0.5, 0.6) is 5.75 Å². The van der Waals surface area contributed by atoms with Gasteiger partial charge in [0.05, 0.1) is 0 Å². The molecule has 1 saturated carbocycles. The lowest BCUT2D eigenvalue weighted by Crippen LogP contribution is -2.35. The molecule has 32 heavy (non-hydrogen) atoms. The van der Waals surface area contributed by atoms with Crippen LogP contribution in [0.15, 0.2) is 28.5 Å². The smallest absolute Gasteiger partial charge is 0.490 e. The Balaban J connectivity index is 0.000000451. The summed E-state index contributed by atoms with van der Waals surface area (Å²) in [5, 5.41) is 21.9. The maximum Gasteiger partial charge on any atom is 0.490 e. The van der Waals surface area contributed by atoms with E-state index in [2.05, 4.69) is 10.3 Å². The number of nitrogens with one attached hydrogen (secondary N) is 1. The van der Waals surface area contributed by atoms with Crippen LogP contribution in [-0.2, 0) is 9.59 Å². The van der Waals surface area contributed by atoms with Gasteiger partial charge < -0.3 is 20.1 Å². The Kier molecular flexibility index (Phi) is 8.81. The van der Waals surface area contributed by atoms with Crippen molar-refractivity contribution >= 4 is 28.3 Å². The van der Waals surface area contributed by atoms with Crippen molar-refractivity contribution in [3.63, 3.8) is 0 Å². The SMILES string of the molecule is Cc1cc(O)cc(=O)n1C(CC1CCCCC1)C(=O)Nc1nccs1.O=C(O)C(F)(F)F. The van der Waals surface area contributed by atoms with Crippen LogP contribution in [-0.4, -0.2) is 37.8 Å². The van der Waals surface area contributed by atoms with E-state index in [0.29, 0.717) is 23.2 Å². The first-order valence-corrected chi connectivity index (χ1v) is 10.8. The van der Waals surface area contributed by atoms with E-state index >= 15 is 0 Å². The lowest BCUT2D eigenvalue weighted by molar-refractivity contribution is -0.192. The summed E-state index contributed by atoms with van der Waals surface area (Å²) in [6.45, 7) is 1.74. The lowest BCUT2D eigenvalue weighted by Gasteiger charge is -2.28. The van der Waals surface area contributed by atoms with E-state index in [-0.39, 0.29) is 17.2 Å². The number of carbonyl (C=O) groups is 2. The monoisotopic (exact) mass is 475 g/mol. The van der Waals surface area contributed by atoms with Crippen molar-refractivity contribution in [2.75, 3.05) is 5.32 Å². The second kappa shape index (κ2) is 11.1. The molecule has 1 aliphatic carbocycles. The number of amides is 1. The highest BCUT2D eigenvalue weighted by Crippen LogP contribution is 2.32. The number of hydrogen-bond acceptors (Lipinski definition) is 6. The van der Waals surface area contributed by atoms with Crippen molar-refractivity contribution in [2.45, 2.75) is 57.7 Å². The number of thiazole rings is 1. The number of carboxylic acids is 1. The van der Waals surface area contributed by atoms with Gasteiger partial charge >= 0.3 is 12.1 Å². The van der Waals surface area contributed by atoms with E-state index in [1.54, 1.807) is 18.5 Å². The minimum Gasteiger partial charge on any atom is -0.508 e. The fourth-order valence-corrected chi connectivity index (χ4v) is 4.17. The number of rotatable bonds is 5. The Hall–Kier alpha value is -2.89. The van der Waals surface area contributed by atoms with Gasteiger partial charge in [0.2, 0.25) is 5.91 Å². The zero-order valence-electron chi connectivity index (χ0n) is 17.3. The van der Waals surface area contributed by atoms with Gasteiger partial charge in [0.15, 0.2) is 5.13 Å². The van der Waals surface area contributed by atoms with Crippen LogP contribution in [0.1, 0.15) is 50.3 Å². The summed E-state index contributed by atoms with van der Waals surface area (Å²) < 4.78 is 33.2. The predicted molar refractivity (Wildman–Crippen MR) is 112 cm³/mol. The summed E-state index contributed by atoms with van der Waals surface area (Å²) in [6, 6.07) is 2.09. The first-order valence-electron chi connectivity index (χ1n) is 9.91. The summed E-state index contributed by atoms with van der Waals surface area (Å²) in [7, 11) is 0. The van der Waals surface area contributed by atoms with E-state index in [1.165, 1.54) is 41.2 Å². The average Bonchev–Trinajstić information content (AvgIpc) is 3.20. The molecular formula is C20H24F3N3O5S. The topological polar surface area (TPSA) is 122 Å². The third-order valence-corrected chi connectivity index (χ3v) is 5.73. The van der Waals surface area contributed by atoms with Gasteiger partial charge in [-0.25, -0.2) is 9.78 Å². The van der Waals surface area contributed by atoms with Crippen LogP contribution in [0.4, 0.5) is 18.3 Å². The number of carboxylic acid groups (broad SMARTS) is 1. The second-order valence-electron chi connectivity index (χ2n) is 7.45. The maximum absolute atomic E-state index is 12.9. The fourth-order valence-electron chi connectivity index (χ4n) is 3.64. The van der Waals surface area contributed by atoms with Gasteiger partial charge in [-0.1, -0.05) is 32.1 Å². The number of alkyl halides is 3. The van der Waals surface area contributed by atoms with Crippen molar-refractivity contribution in [1.82, 2.24) is 9.55 Å². The molecule has 12 heteroatoms. The molecule has 8 nitrogen and oxygen atoms in total. The van der Waals surface area contributed by atoms with Gasteiger partial charge in [-0.05, 0) is 25.3 Å². The number of aryl methyl sites for hydroxylation is 1. The molecule has 3 rings (SSSR count). The number of hydrogen-bond donors (Lipinski definition) is 3. The second-order valence-corrected chi connectivity index (χ2v) is 8.34. The van der Waals surface area contributed by atoms with Gasteiger partial charge in [-0.2, -0.15) is 13.2 Å². The van der Waals surface area contributed by atoms with Crippen molar-refractivity contribution in [2.24, 2.45) is 5.92 Å². The minimum absolute atomic E-state index is 0.0736. The van der Waals surface area contributed by atoms with Crippen LogP contribution in [0, 0.1) is 12.8 Å². The maximum atomic E-state index is 12.9. The summed E-state index contributed by atoms with van der Waals surface area (Å²) in [4.78, 5) is 38.4. The largest absolute Gasteiger partial charge is 0.508 e. The summed E-state index contributed by atoms with van der Waals surface area (Å²) in [5.74, 6) is -2.62. The molecule has 1 unspecified atom stereocenters. The first kappa shape index (κ1) is 25.4. The molecule has 1 aliphatic rings. The van der Waals surface area contributed by atoms with Gasteiger partial charge in [0, 0.05) is 23.3 Å². The minimum atomic E-state index is -5.08. The van der Waals surface area contributed by atoms with Gasteiger partial charge in [0.25, 0.3) is 5.56 Å². The molecule has 2 aromatic heterocycles. The predicted octanol–water partition coefficient (Wildman–Crippen LogP) is 4.10. The summed E-state index contributed by atoms with van der Waals surface area (Å²) in [5.41, 5.74) is 0.229. The number of anilines is 1. The fraction of sp³-hybridized carbons (Fsp3) is 0.500. The molecule has 1 atom stereocenters. The Bertz CT molecular complexity index is 970. The Morgan fingerprint density at radius 3 is 2.41 bits per heavy atom. The van der Waals surface area contributed by atoms with E-state index in [4.69, 9.17) is 9.90 Å². The third-order valence-electron chi connectivity index (χ3n) is 5.05. The van der Waals surface area contributed by atoms with Gasteiger partial charge in [0.1, 0.15) is 11.8 Å². The van der Waals surface area contributed by atoms with Crippen LogP contribution < -0.4 is 10.9 Å². The number of nitrogens with zero attached hydrogens (tertiary/aromatic N) is 2. The molecule has 1 fully saturated rings. The number of aromatic nitrogens is 2. The molecular weight excluding hydrogens is 451 g/mol. The van der Waals surface area contributed by atoms with Crippen molar-refractivity contribution < 1.29 is 33.0 Å². The number of halogens is 3. The highest BCUT2D eigenvalue weighted by molar-refractivity contribution is 7.13. The zero-order chi connectivity index (χ0) is 23.9. The van der Waals surface area contributed by atoms with Crippen LogP contribution in [0.25, 0.3) is 0 Å². The molecule has 0 spiro atoms. The van der Waals surface area contributed by atoms with Crippen molar-refractivity contribution in [3.05, 3.63) is 39.8 Å². The van der Waals surface area contributed by atoms with Crippen molar-refractivity contribution in [1.29, 1.82) is 0 Å². The quantitative estimate of drug-likeness (QED) is 0.599. The number of carbonyl (C=O) groups excluding carboxylic acids is 1. The Morgan fingerprint density at radius 2 is 1.91 bits per heavy atom. The molecule has 0 aromatic carbocycles. The average molecular weight is 475 g/mol. The van der Waals surface area contributed by atoms with Crippen LogP contribution in [0.2, 0.25) is 0 Å². The molecule has 3 N–H and O–H groups in total. The molecule has 0 saturated heterocycles. The lowest BCUT2D eigenvalue weighted by atomic mass is 9.84. The molecule has 2 heterocycles. The van der Waals surface area contributed by atoms with Crippen LogP contribution >= 0.6 is 11.3 Å². The molecule has 176 valence electrons. The van der Waals surface area contributed by atoms with Gasteiger partial charge in [-0.3, -0.25) is 9.59 Å². The molecule has 1 amide bonds. The molecule has 0 aliphatic heterocycles. The number of aliphatic carboxylic acids is 1. The molecule has 0 bridgehead atoms. The summed E-state index contributed by atoms with van der Waals surface area (Å²) in [6.07, 6.45) is 2.95. The van der Waals surface area contributed by atoms with E-state index in [1.807, 2.05) is 0 Å². The number of pyridine rings is 1. The third kappa shape index (κ3) is 7.36. The Labute approximate surface area is 185 Å². The van der Waals surface area contributed by atoms with E-state index in [0.717, 1.165) is 18.9 Å². The normalized spacial score (nSPS) is 15.4. The molecule has 2 aromatic rings. The highest BCUT2D eigenvalue weighted by atomic mass is 32.1. The first-order chi connectivity index (χ1) is 15.0. The standard InChI is InChI=1S/C18H23N3O3S.C2HF3O2/c1-12-9-14(22)11-16(23)21(12)15(10-13-5-3-2-4-6-13)17(24)20-18-19-7-8-25-18;3-2(4,5)1(6)7/h7-9,11,13,15,22H,2-6,10H2,1H3,(H,19,20,24);(H,6,7). The summed E-state index contributed by atoms with van der Waals surface area (Å²) >= 11 is 1.35. The molecule has 0 radical (unpaired) electrons. The highest BCUT2D eigenvalue weighted by Gasteiger charge is 2.38. The van der Waals surface area contributed by atoms with E-state index in [9.17, 15) is 27.9 Å². The number of aromatic hydroxyl groups is 1.